The maximum Gasteiger partial charge on any atom is 0.237 e. The summed E-state index contributed by atoms with van der Waals surface area (Å²) in [5.74, 6) is 0.481. The Morgan fingerprint density at radius 1 is 1.22 bits per heavy atom. The Labute approximate surface area is 166 Å². The zero-order valence-electron chi connectivity index (χ0n) is 14.7. The monoisotopic (exact) mass is 397 g/mol. The number of carbonyl (C=O) groups is 1. The lowest BCUT2D eigenvalue weighted by molar-refractivity contribution is -0.115. The first-order valence-electron chi connectivity index (χ1n) is 8.11. The molecule has 0 radical (unpaired) electrons. The molecule has 0 fully saturated rings. The van der Waals surface area contributed by atoms with Crippen molar-refractivity contribution in [3.63, 3.8) is 0 Å². The Hall–Kier alpha value is -2.82. The molecule has 6 nitrogen and oxygen atoms in total. The Balaban J connectivity index is 1.70. The number of carbonyl (C=O) groups excluding carboxylic acids is 1. The van der Waals surface area contributed by atoms with Crippen LogP contribution in [0, 0.1) is 11.3 Å². The normalized spacial score (nSPS) is 11.6. The molecule has 1 heterocycles. The van der Waals surface area contributed by atoms with Crippen LogP contribution in [0.4, 0.5) is 5.69 Å². The Bertz CT molecular complexity index is 1010. The molecular formula is C19H16ClN5OS. The van der Waals surface area contributed by atoms with Crippen LogP contribution < -0.4 is 5.32 Å². The second kappa shape index (κ2) is 8.25. The van der Waals surface area contributed by atoms with Crippen LogP contribution in [0.5, 0.6) is 0 Å². The molecule has 2 aromatic carbocycles. The van der Waals surface area contributed by atoms with Crippen LogP contribution in [-0.4, -0.2) is 25.9 Å². The molecule has 0 spiro atoms. The van der Waals surface area contributed by atoms with Crippen LogP contribution >= 0.6 is 23.4 Å². The summed E-state index contributed by atoms with van der Waals surface area (Å²) in [5, 5.41) is 20.9. The predicted molar refractivity (Wildman–Crippen MR) is 107 cm³/mol. The first-order valence-corrected chi connectivity index (χ1v) is 9.37. The second-order valence-corrected chi connectivity index (χ2v) is 7.50. The van der Waals surface area contributed by atoms with Gasteiger partial charge in [-0.1, -0.05) is 35.5 Å². The highest BCUT2D eigenvalue weighted by Crippen LogP contribution is 2.29. The van der Waals surface area contributed by atoms with Crippen LogP contribution in [0.3, 0.4) is 0 Å². The van der Waals surface area contributed by atoms with Crippen molar-refractivity contribution in [1.29, 1.82) is 5.26 Å². The summed E-state index contributed by atoms with van der Waals surface area (Å²) in [6.45, 7) is 1.80. The average Bonchev–Trinajstić information content (AvgIpc) is 3.03. The van der Waals surface area contributed by atoms with E-state index in [1.54, 1.807) is 37.3 Å². The molecule has 136 valence electrons. The molecule has 3 aromatic rings. The molecule has 1 atom stereocenters. The lowest BCUT2D eigenvalue weighted by Crippen LogP contribution is -2.22. The molecule has 0 saturated carbocycles. The number of rotatable bonds is 5. The van der Waals surface area contributed by atoms with Gasteiger partial charge in [-0.2, -0.15) is 5.26 Å². The topological polar surface area (TPSA) is 83.6 Å². The van der Waals surface area contributed by atoms with E-state index in [-0.39, 0.29) is 11.2 Å². The molecule has 8 heteroatoms. The van der Waals surface area contributed by atoms with E-state index in [1.807, 2.05) is 35.9 Å². The molecule has 1 aromatic heterocycles. The highest BCUT2D eigenvalue weighted by molar-refractivity contribution is 8.00. The van der Waals surface area contributed by atoms with Crippen molar-refractivity contribution in [1.82, 2.24) is 14.8 Å². The zero-order chi connectivity index (χ0) is 19.4. The van der Waals surface area contributed by atoms with Gasteiger partial charge in [0, 0.05) is 18.3 Å². The predicted octanol–water partition coefficient (Wildman–Crippen LogP) is 4.13. The Morgan fingerprint density at radius 2 is 1.93 bits per heavy atom. The van der Waals surface area contributed by atoms with E-state index in [0.717, 1.165) is 5.56 Å². The first kappa shape index (κ1) is 19.0. The maximum absolute atomic E-state index is 12.4. The summed E-state index contributed by atoms with van der Waals surface area (Å²) in [6.07, 6.45) is 0. The van der Waals surface area contributed by atoms with E-state index in [9.17, 15) is 4.79 Å². The van der Waals surface area contributed by atoms with Gasteiger partial charge in [0.25, 0.3) is 0 Å². The quantitative estimate of drug-likeness (QED) is 0.654. The van der Waals surface area contributed by atoms with Crippen LogP contribution in [0.2, 0.25) is 5.02 Å². The standard InChI is InChI=1S/C19H16ClN5OS/c1-12(18(26)22-14-9-7-13(11-21)8-10-14)27-19-24-23-17(25(19)2)15-5-3-4-6-16(15)20/h3-10,12H,1-2H3,(H,22,26)/t12-/m1/s1. The third-order valence-corrected chi connectivity index (χ3v) is 5.35. The summed E-state index contributed by atoms with van der Waals surface area (Å²) >= 11 is 7.54. The van der Waals surface area contributed by atoms with Gasteiger partial charge in [-0.05, 0) is 43.3 Å². The van der Waals surface area contributed by atoms with E-state index < -0.39 is 0 Å². The fourth-order valence-corrected chi connectivity index (χ4v) is 3.41. The van der Waals surface area contributed by atoms with E-state index in [4.69, 9.17) is 16.9 Å². The molecule has 3 rings (SSSR count). The number of halogens is 1. The third kappa shape index (κ3) is 4.30. The van der Waals surface area contributed by atoms with Gasteiger partial charge in [0.15, 0.2) is 11.0 Å². The molecular weight excluding hydrogens is 382 g/mol. The molecule has 0 bridgehead atoms. The van der Waals surface area contributed by atoms with Gasteiger partial charge in [0.2, 0.25) is 5.91 Å². The molecule has 1 amide bonds. The van der Waals surface area contributed by atoms with Gasteiger partial charge in [0.1, 0.15) is 0 Å². The first-order chi connectivity index (χ1) is 13.0. The lowest BCUT2D eigenvalue weighted by Gasteiger charge is -2.12. The van der Waals surface area contributed by atoms with Gasteiger partial charge >= 0.3 is 0 Å². The van der Waals surface area contributed by atoms with Gasteiger partial charge in [-0.15, -0.1) is 10.2 Å². The number of anilines is 1. The van der Waals surface area contributed by atoms with Gasteiger partial charge < -0.3 is 9.88 Å². The lowest BCUT2D eigenvalue weighted by atomic mass is 10.2. The number of nitriles is 1. The van der Waals surface area contributed by atoms with E-state index in [0.29, 0.717) is 27.3 Å². The van der Waals surface area contributed by atoms with Crippen molar-refractivity contribution in [2.45, 2.75) is 17.3 Å². The Kier molecular flexibility index (Phi) is 5.79. The number of hydrogen-bond donors (Lipinski definition) is 1. The number of aromatic nitrogens is 3. The van der Waals surface area contributed by atoms with E-state index >= 15 is 0 Å². The smallest absolute Gasteiger partial charge is 0.237 e. The molecule has 0 aliphatic heterocycles. The molecule has 0 aliphatic carbocycles. The largest absolute Gasteiger partial charge is 0.325 e. The zero-order valence-corrected chi connectivity index (χ0v) is 16.3. The fourth-order valence-electron chi connectivity index (χ4n) is 2.38. The van der Waals surface area contributed by atoms with Gasteiger partial charge in [-0.3, -0.25) is 4.79 Å². The number of amides is 1. The molecule has 0 unspecified atom stereocenters. The van der Waals surface area contributed by atoms with E-state index in [2.05, 4.69) is 15.5 Å². The van der Waals surface area contributed by atoms with Crippen LogP contribution in [-0.2, 0) is 11.8 Å². The summed E-state index contributed by atoms with van der Waals surface area (Å²) in [4.78, 5) is 12.4. The summed E-state index contributed by atoms with van der Waals surface area (Å²) in [6, 6.07) is 16.2. The Morgan fingerprint density at radius 3 is 2.59 bits per heavy atom. The highest BCUT2D eigenvalue weighted by atomic mass is 35.5. The minimum absolute atomic E-state index is 0.160. The number of nitrogens with one attached hydrogen (secondary N) is 1. The minimum atomic E-state index is -0.386. The van der Waals surface area contributed by atoms with Crippen LogP contribution in [0.1, 0.15) is 12.5 Å². The SMILES string of the molecule is C[C@@H](Sc1nnc(-c2ccccc2Cl)n1C)C(=O)Nc1ccc(C#N)cc1. The maximum atomic E-state index is 12.4. The van der Waals surface area contributed by atoms with Crippen LogP contribution in [0.15, 0.2) is 53.7 Å². The summed E-state index contributed by atoms with van der Waals surface area (Å²) < 4.78 is 1.82. The minimum Gasteiger partial charge on any atom is -0.325 e. The van der Waals surface area contributed by atoms with Crippen molar-refractivity contribution in [2.75, 3.05) is 5.32 Å². The molecule has 27 heavy (non-hydrogen) atoms. The third-order valence-electron chi connectivity index (χ3n) is 3.88. The van der Waals surface area contributed by atoms with Crippen molar-refractivity contribution in [2.24, 2.45) is 7.05 Å². The van der Waals surface area contributed by atoms with Gasteiger partial charge in [0.05, 0.1) is 21.9 Å². The highest BCUT2D eigenvalue weighted by Gasteiger charge is 2.20. The number of benzene rings is 2. The second-order valence-electron chi connectivity index (χ2n) is 5.78. The summed E-state index contributed by atoms with van der Waals surface area (Å²) in [5.41, 5.74) is 1.97. The molecule has 0 aliphatic rings. The van der Waals surface area contributed by atoms with E-state index in [1.165, 1.54) is 11.8 Å². The average molecular weight is 398 g/mol. The van der Waals surface area contributed by atoms with Crippen LogP contribution in [0.25, 0.3) is 11.4 Å². The van der Waals surface area contributed by atoms with Crippen molar-refractivity contribution >= 4 is 35.0 Å². The van der Waals surface area contributed by atoms with Gasteiger partial charge in [-0.25, -0.2) is 0 Å². The van der Waals surface area contributed by atoms with Crippen molar-refractivity contribution in [3.05, 3.63) is 59.1 Å². The molecule has 0 saturated heterocycles. The van der Waals surface area contributed by atoms with Crippen molar-refractivity contribution in [3.8, 4) is 17.5 Å². The summed E-state index contributed by atoms with van der Waals surface area (Å²) in [7, 11) is 1.84. The number of hydrogen-bond acceptors (Lipinski definition) is 5. The number of nitrogens with zero attached hydrogens (tertiary/aromatic N) is 4. The fraction of sp³-hybridized carbons (Fsp3) is 0.158. The number of thioether (sulfide) groups is 1. The molecule has 1 N–H and O–H groups in total. The van der Waals surface area contributed by atoms with Crippen molar-refractivity contribution < 1.29 is 4.79 Å².